The van der Waals surface area contributed by atoms with Gasteiger partial charge in [-0.25, -0.2) is 9.21 Å². The van der Waals surface area contributed by atoms with Crippen LogP contribution >= 0.6 is 0 Å². The lowest BCUT2D eigenvalue weighted by molar-refractivity contribution is -0.358. The van der Waals surface area contributed by atoms with Crippen LogP contribution < -0.4 is 4.74 Å². The van der Waals surface area contributed by atoms with Crippen molar-refractivity contribution in [1.82, 2.24) is 0 Å². The molecule has 0 saturated carbocycles. The van der Waals surface area contributed by atoms with Gasteiger partial charge in [0.05, 0.1) is 24.8 Å². The van der Waals surface area contributed by atoms with Crippen LogP contribution in [0.5, 0.6) is 34.5 Å². The molecule has 11 N–H and O–H groups in total. The van der Waals surface area contributed by atoms with Gasteiger partial charge in [-0.05, 0) is 48.0 Å². The third kappa shape index (κ3) is 7.97. The largest absolute Gasteiger partial charge is 0.508 e. The van der Waals surface area contributed by atoms with Crippen LogP contribution in [0.2, 0.25) is 0 Å². The van der Waals surface area contributed by atoms with Crippen molar-refractivity contribution in [2.75, 3.05) is 13.2 Å². The molecule has 4 aromatic rings. The maximum atomic E-state index is 12.9. The molecular weight excluding hydrogens is 720 g/mol. The highest BCUT2D eigenvalue weighted by Gasteiger charge is 2.53. The summed E-state index contributed by atoms with van der Waals surface area (Å²) in [6.45, 7) is -1.67. The smallest absolute Gasteiger partial charge is 0.402 e. The van der Waals surface area contributed by atoms with Crippen molar-refractivity contribution in [2.24, 2.45) is 0 Å². The topological polar surface area (TPSA) is 297 Å². The number of esters is 1. The van der Waals surface area contributed by atoms with E-state index in [1.807, 2.05) is 0 Å². The van der Waals surface area contributed by atoms with Gasteiger partial charge in [0.25, 0.3) is 0 Å². The Morgan fingerprint density at radius 2 is 1.35 bits per heavy atom. The second kappa shape index (κ2) is 16.0. The van der Waals surface area contributed by atoms with Gasteiger partial charge in [0, 0.05) is 18.2 Å². The molecule has 3 aromatic carbocycles. The number of hydrogen-bond acceptors (Lipinski definition) is 17. The number of rotatable bonds is 10. The van der Waals surface area contributed by atoms with Crippen LogP contribution in [-0.2, 0) is 23.7 Å². The highest BCUT2D eigenvalue weighted by molar-refractivity contribution is 5.89. The number of carbonyl (C=O) groups excluding carboxylic acids is 1. The Labute approximate surface area is 304 Å². The van der Waals surface area contributed by atoms with E-state index < -0.39 is 97.8 Å². The van der Waals surface area contributed by atoms with Gasteiger partial charge >= 0.3 is 17.3 Å². The van der Waals surface area contributed by atoms with Gasteiger partial charge in [-0.1, -0.05) is 6.07 Å². The highest BCUT2D eigenvalue weighted by atomic mass is 16.8. The van der Waals surface area contributed by atoms with Gasteiger partial charge in [-0.3, -0.25) is 0 Å². The maximum absolute atomic E-state index is 12.9. The Bertz CT molecular complexity index is 1980. The molecule has 2 aliphatic rings. The Hall–Kier alpha value is -5.28. The molecule has 18 nitrogen and oxygen atoms in total. The average Bonchev–Trinajstić information content (AvgIpc) is 3.14. The molecule has 4 unspecified atom stereocenters. The van der Waals surface area contributed by atoms with Crippen molar-refractivity contribution >= 4 is 23.0 Å². The lowest BCUT2D eigenvalue weighted by atomic mass is 9.97. The number of aliphatic hydroxyl groups excluding tert-OH is 6. The molecule has 2 aliphatic heterocycles. The molecule has 10 atom stereocenters. The average molecular weight is 758 g/mol. The molecular formula is C36H37O18+. The maximum Gasteiger partial charge on any atom is 0.402 e. The second-order valence-corrected chi connectivity index (χ2v) is 12.5. The first-order valence-electron chi connectivity index (χ1n) is 16.4. The van der Waals surface area contributed by atoms with E-state index in [0.717, 1.165) is 18.2 Å². The molecule has 0 aliphatic carbocycles. The predicted molar refractivity (Wildman–Crippen MR) is 181 cm³/mol. The van der Waals surface area contributed by atoms with E-state index in [1.54, 1.807) is 0 Å². The zero-order valence-corrected chi connectivity index (χ0v) is 27.9. The van der Waals surface area contributed by atoms with E-state index in [9.17, 15) is 61.0 Å². The number of carbonyl (C=O) groups is 1. The lowest BCUT2D eigenvalue weighted by Gasteiger charge is -2.46. The molecule has 2 saturated heterocycles. The summed E-state index contributed by atoms with van der Waals surface area (Å²) < 4.78 is 35.0. The summed E-state index contributed by atoms with van der Waals surface area (Å²) in [7, 11) is 0. The summed E-state index contributed by atoms with van der Waals surface area (Å²) in [6, 6.07) is 12.8. The monoisotopic (exact) mass is 757 g/mol. The van der Waals surface area contributed by atoms with Gasteiger partial charge in [-0.15, -0.1) is 0 Å². The zero-order chi connectivity index (χ0) is 38.8. The highest BCUT2D eigenvalue weighted by Crippen LogP contribution is 2.41. The summed E-state index contributed by atoms with van der Waals surface area (Å²) in [4.78, 5) is 12.9. The van der Waals surface area contributed by atoms with E-state index >= 15 is 0 Å². The van der Waals surface area contributed by atoms with Crippen molar-refractivity contribution < 1.29 is 89.1 Å². The van der Waals surface area contributed by atoms with E-state index in [1.165, 1.54) is 54.6 Å². The van der Waals surface area contributed by atoms with E-state index in [-0.39, 0.29) is 39.5 Å². The second-order valence-electron chi connectivity index (χ2n) is 12.5. The first-order chi connectivity index (χ1) is 25.8. The van der Waals surface area contributed by atoms with Crippen LogP contribution in [0.3, 0.4) is 0 Å². The number of ether oxygens (including phenoxy) is 5. The molecule has 2 fully saturated rings. The number of aromatic hydroxyl groups is 5. The molecule has 0 amide bonds. The molecule has 18 heteroatoms. The lowest BCUT2D eigenvalue weighted by Crippen LogP contribution is -2.65. The van der Waals surface area contributed by atoms with Crippen LogP contribution in [0.1, 0.15) is 5.56 Å². The zero-order valence-electron chi connectivity index (χ0n) is 27.9. The minimum absolute atomic E-state index is 0.00287. The van der Waals surface area contributed by atoms with Gasteiger partial charge in [-0.2, -0.15) is 0 Å². The standard InChI is InChI=1S/C36H36O18/c37-13-25-29(46)31(48)34(35(51-25)50-24-12-19-21(42)10-18(40)11-23(19)49-32(24)16-3-5-17(39)6-4-16)54-36-33(30(47)28(45)26(14-38)52-36)53-27(44)8-2-15-1-7-20(41)22(43)9-15/h1-12,25-26,28-31,33-38,45-48H,13-14H2,(H4-,39,40,41,42,43,44)/p+1/t25?,26-,28-,29+,30?,31+,33?,34?,35-,36+/m1/s1. The molecule has 0 bridgehead atoms. The fraction of sp³-hybridized carbons (Fsp3) is 0.333. The van der Waals surface area contributed by atoms with Crippen LogP contribution in [-0.4, -0.2) is 137 Å². The summed E-state index contributed by atoms with van der Waals surface area (Å²) in [5.41, 5.74) is 0.576. The Morgan fingerprint density at radius 3 is 2.00 bits per heavy atom. The summed E-state index contributed by atoms with van der Waals surface area (Å²) >= 11 is 0. The van der Waals surface area contributed by atoms with E-state index in [4.69, 9.17) is 28.1 Å². The SMILES string of the molecule is O=C(/C=C/c1ccc(O)c(O)c1)OC1C(O)[C@H](O)[C@@H](CO)O[C@H]1OC1[C@H](Oc2cc3c(O)cc(O)cc3[o+]c2-c2ccc(O)cc2)OC(CO)[C@H](O)[C@@H]1O. The van der Waals surface area contributed by atoms with Gasteiger partial charge in [0.1, 0.15) is 59.3 Å². The van der Waals surface area contributed by atoms with Crippen molar-refractivity contribution in [3.8, 4) is 45.8 Å². The summed E-state index contributed by atoms with van der Waals surface area (Å²) in [5, 5.41) is 113. The molecule has 3 heterocycles. The predicted octanol–water partition coefficient (Wildman–Crippen LogP) is 0.176. The van der Waals surface area contributed by atoms with Gasteiger partial charge < -0.3 is 79.9 Å². The van der Waals surface area contributed by atoms with Crippen molar-refractivity contribution in [1.29, 1.82) is 0 Å². The van der Waals surface area contributed by atoms with Crippen molar-refractivity contribution in [2.45, 2.75) is 61.4 Å². The summed E-state index contributed by atoms with van der Waals surface area (Å²) in [5.74, 6) is -3.05. The minimum Gasteiger partial charge on any atom is -0.508 e. The number of aliphatic hydroxyl groups is 6. The molecule has 54 heavy (non-hydrogen) atoms. The molecule has 6 rings (SSSR count). The Balaban J connectivity index is 1.35. The third-order valence-corrected chi connectivity index (χ3v) is 8.79. The number of hydrogen-bond donors (Lipinski definition) is 11. The van der Waals surface area contributed by atoms with Gasteiger partial charge in [0.15, 0.2) is 30.0 Å². The van der Waals surface area contributed by atoms with Crippen LogP contribution in [0, 0.1) is 0 Å². The first-order valence-corrected chi connectivity index (χ1v) is 16.4. The Kier molecular flexibility index (Phi) is 11.4. The quantitative estimate of drug-likeness (QED) is 0.0445. The van der Waals surface area contributed by atoms with Crippen molar-refractivity contribution in [3.63, 3.8) is 0 Å². The number of benzene rings is 3. The van der Waals surface area contributed by atoms with Crippen LogP contribution in [0.15, 0.2) is 71.2 Å². The molecule has 0 spiro atoms. The van der Waals surface area contributed by atoms with Crippen molar-refractivity contribution in [3.05, 3.63) is 72.3 Å². The first kappa shape index (κ1) is 38.4. The Morgan fingerprint density at radius 1 is 0.704 bits per heavy atom. The molecule has 0 radical (unpaired) electrons. The minimum atomic E-state index is -1.95. The van der Waals surface area contributed by atoms with Crippen LogP contribution in [0.4, 0.5) is 0 Å². The number of phenolic OH excluding ortho intramolecular Hbond substituents is 5. The summed E-state index contributed by atoms with van der Waals surface area (Å²) in [6.07, 6.45) is -15.8. The molecule has 1 aromatic heterocycles. The number of phenols is 5. The number of fused-ring (bicyclic) bond motifs is 1. The van der Waals surface area contributed by atoms with E-state index in [2.05, 4.69) is 0 Å². The third-order valence-electron chi connectivity index (χ3n) is 8.79. The van der Waals surface area contributed by atoms with E-state index in [0.29, 0.717) is 5.56 Å². The van der Waals surface area contributed by atoms with Crippen LogP contribution in [0.25, 0.3) is 28.4 Å². The normalized spacial score (nSPS) is 28.6. The fourth-order valence-electron chi connectivity index (χ4n) is 5.93. The fourth-order valence-corrected chi connectivity index (χ4v) is 5.93. The molecule has 288 valence electrons. The van der Waals surface area contributed by atoms with Gasteiger partial charge in [0.2, 0.25) is 12.0 Å².